The summed E-state index contributed by atoms with van der Waals surface area (Å²) >= 11 is 0. The summed E-state index contributed by atoms with van der Waals surface area (Å²) in [7, 11) is 0. The summed E-state index contributed by atoms with van der Waals surface area (Å²) in [6.07, 6.45) is 0.330. The summed E-state index contributed by atoms with van der Waals surface area (Å²) < 4.78 is 0. The molecule has 1 unspecified atom stereocenters. The van der Waals surface area contributed by atoms with Crippen molar-refractivity contribution < 1.29 is 4.79 Å². The first-order valence-electron chi connectivity index (χ1n) is 2.43. The molecule has 8 heavy (non-hydrogen) atoms. The van der Waals surface area contributed by atoms with Crippen LogP contribution < -0.4 is 5.32 Å². The van der Waals surface area contributed by atoms with Gasteiger partial charge in [0.05, 0.1) is 18.5 Å². The van der Waals surface area contributed by atoms with E-state index in [0.717, 1.165) is 0 Å². The summed E-state index contributed by atoms with van der Waals surface area (Å²) in [5.41, 5.74) is 0. The first-order valence-corrected chi connectivity index (χ1v) is 2.43. The Balaban J connectivity index is 2.47. The highest BCUT2D eigenvalue weighted by Gasteiger charge is 2.21. The van der Waals surface area contributed by atoms with Crippen molar-refractivity contribution >= 4 is 5.91 Å². The fraction of sp³-hybridized carbons (Fsp3) is 0.600. The van der Waals surface area contributed by atoms with E-state index in [-0.39, 0.29) is 11.8 Å². The minimum absolute atomic E-state index is 0.128. The van der Waals surface area contributed by atoms with Crippen LogP contribution in [0.4, 0.5) is 0 Å². The molecule has 0 aromatic heterocycles. The SMILES string of the molecule is N#CC1C[N]C(=O)C1. The molecule has 0 aliphatic carbocycles. The molecule has 3 nitrogen and oxygen atoms in total. The van der Waals surface area contributed by atoms with E-state index >= 15 is 0 Å². The molecular weight excluding hydrogens is 104 g/mol. The topological polar surface area (TPSA) is 55.0 Å². The molecule has 1 radical (unpaired) electrons. The van der Waals surface area contributed by atoms with Crippen LogP contribution in [0.15, 0.2) is 0 Å². The van der Waals surface area contributed by atoms with Gasteiger partial charge in [-0.05, 0) is 0 Å². The van der Waals surface area contributed by atoms with Crippen molar-refractivity contribution in [3.8, 4) is 6.07 Å². The zero-order chi connectivity index (χ0) is 5.98. The summed E-state index contributed by atoms with van der Waals surface area (Å²) in [4.78, 5) is 10.3. The molecule has 1 rings (SSSR count). The van der Waals surface area contributed by atoms with Gasteiger partial charge in [-0.15, -0.1) is 0 Å². The minimum Gasteiger partial charge on any atom is -0.273 e. The van der Waals surface area contributed by atoms with Gasteiger partial charge in [0.15, 0.2) is 0 Å². The molecule has 0 spiro atoms. The van der Waals surface area contributed by atoms with E-state index < -0.39 is 0 Å². The fourth-order valence-corrected chi connectivity index (χ4v) is 0.638. The van der Waals surface area contributed by atoms with Gasteiger partial charge >= 0.3 is 0 Å². The van der Waals surface area contributed by atoms with E-state index in [0.29, 0.717) is 13.0 Å². The highest BCUT2D eigenvalue weighted by molar-refractivity contribution is 5.78. The average Bonchev–Trinajstić information content (AvgIpc) is 2.14. The molecule has 1 atom stereocenters. The highest BCUT2D eigenvalue weighted by atomic mass is 16.1. The summed E-state index contributed by atoms with van der Waals surface area (Å²) in [6, 6.07) is 1.98. The third kappa shape index (κ3) is 0.784. The third-order valence-corrected chi connectivity index (χ3v) is 1.09. The van der Waals surface area contributed by atoms with Crippen LogP contribution in [0.2, 0.25) is 0 Å². The summed E-state index contributed by atoms with van der Waals surface area (Å²) in [5, 5.41) is 11.7. The van der Waals surface area contributed by atoms with Gasteiger partial charge in [0.25, 0.3) is 0 Å². The first-order chi connectivity index (χ1) is 3.83. The maximum absolute atomic E-state index is 10.3. The van der Waals surface area contributed by atoms with Crippen LogP contribution in [0.1, 0.15) is 6.42 Å². The number of hydrogen-bond acceptors (Lipinski definition) is 2. The second kappa shape index (κ2) is 1.83. The smallest absolute Gasteiger partial charge is 0.242 e. The van der Waals surface area contributed by atoms with E-state index in [1.165, 1.54) is 0 Å². The third-order valence-electron chi connectivity index (χ3n) is 1.09. The molecule has 0 saturated carbocycles. The van der Waals surface area contributed by atoms with E-state index in [9.17, 15) is 4.79 Å². The maximum atomic E-state index is 10.3. The number of nitrogens with zero attached hydrogens (tertiary/aromatic N) is 2. The molecule has 41 valence electrons. The van der Waals surface area contributed by atoms with Crippen LogP contribution in [-0.4, -0.2) is 12.5 Å². The quantitative estimate of drug-likeness (QED) is 0.427. The van der Waals surface area contributed by atoms with E-state index in [1.807, 2.05) is 6.07 Å². The zero-order valence-corrected chi connectivity index (χ0v) is 4.29. The number of carbonyl (C=O) groups excluding carboxylic acids is 1. The lowest BCUT2D eigenvalue weighted by Gasteiger charge is -1.84. The Bertz CT molecular complexity index is 147. The van der Waals surface area contributed by atoms with Gasteiger partial charge in [0.2, 0.25) is 5.91 Å². The van der Waals surface area contributed by atoms with Gasteiger partial charge in [-0.2, -0.15) is 5.26 Å². The summed E-state index contributed by atoms with van der Waals surface area (Å²) in [5.74, 6) is -0.265. The maximum Gasteiger partial charge on any atom is 0.242 e. The van der Waals surface area contributed by atoms with E-state index in [4.69, 9.17) is 5.26 Å². The average molecular weight is 109 g/mol. The minimum atomic E-state index is -0.137. The lowest BCUT2D eigenvalue weighted by atomic mass is 10.1. The van der Waals surface area contributed by atoms with Gasteiger partial charge in [-0.25, -0.2) is 0 Å². The van der Waals surface area contributed by atoms with Gasteiger partial charge in [0, 0.05) is 6.42 Å². The molecule has 0 aromatic rings. The molecular formula is C5H5N2O. The Kier molecular flexibility index (Phi) is 1.17. The lowest BCUT2D eigenvalue weighted by molar-refractivity contribution is -0.119. The number of nitriles is 1. The number of rotatable bonds is 0. The van der Waals surface area contributed by atoms with Crippen LogP contribution in [0.3, 0.4) is 0 Å². The largest absolute Gasteiger partial charge is 0.273 e. The molecule has 3 heteroatoms. The van der Waals surface area contributed by atoms with Crippen molar-refractivity contribution in [3.63, 3.8) is 0 Å². The molecule has 1 saturated heterocycles. The number of hydrogen-bond donors (Lipinski definition) is 0. The Morgan fingerprint density at radius 2 is 2.62 bits per heavy atom. The monoisotopic (exact) mass is 109 g/mol. The Morgan fingerprint density at radius 3 is 2.88 bits per heavy atom. The normalized spacial score (nSPS) is 26.9. The molecule has 1 fully saturated rings. The lowest BCUT2D eigenvalue weighted by Crippen LogP contribution is -2.03. The highest BCUT2D eigenvalue weighted by Crippen LogP contribution is 2.07. The van der Waals surface area contributed by atoms with Gasteiger partial charge in [0.1, 0.15) is 0 Å². The first kappa shape index (κ1) is 5.10. The van der Waals surface area contributed by atoms with Crippen LogP contribution in [0.5, 0.6) is 0 Å². The van der Waals surface area contributed by atoms with Crippen molar-refractivity contribution in [3.05, 3.63) is 0 Å². The fourth-order valence-electron chi connectivity index (χ4n) is 0.638. The molecule has 0 bridgehead atoms. The van der Waals surface area contributed by atoms with Crippen LogP contribution in [-0.2, 0) is 4.79 Å². The molecule has 0 N–H and O–H groups in total. The van der Waals surface area contributed by atoms with E-state index in [2.05, 4.69) is 5.32 Å². The van der Waals surface area contributed by atoms with Crippen molar-refractivity contribution in [1.29, 1.82) is 5.26 Å². The van der Waals surface area contributed by atoms with Crippen molar-refractivity contribution in [2.75, 3.05) is 6.54 Å². The van der Waals surface area contributed by atoms with Crippen LogP contribution >= 0.6 is 0 Å². The van der Waals surface area contributed by atoms with Crippen molar-refractivity contribution in [2.24, 2.45) is 5.92 Å². The Hall–Kier alpha value is -1.04. The number of amides is 1. The molecule has 1 amide bonds. The second-order valence-corrected chi connectivity index (χ2v) is 1.76. The van der Waals surface area contributed by atoms with Gasteiger partial charge < -0.3 is 0 Å². The Labute approximate surface area is 47.3 Å². The molecule has 1 aliphatic heterocycles. The van der Waals surface area contributed by atoms with Crippen LogP contribution in [0, 0.1) is 17.2 Å². The second-order valence-electron chi connectivity index (χ2n) is 1.76. The summed E-state index contributed by atoms with van der Waals surface area (Å²) in [6.45, 7) is 0.412. The number of carbonyl (C=O) groups is 1. The zero-order valence-electron chi connectivity index (χ0n) is 4.29. The van der Waals surface area contributed by atoms with Crippen LogP contribution in [0.25, 0.3) is 0 Å². The van der Waals surface area contributed by atoms with Gasteiger partial charge in [-0.3, -0.25) is 10.1 Å². The molecule has 0 aromatic carbocycles. The van der Waals surface area contributed by atoms with E-state index in [1.54, 1.807) is 0 Å². The molecule has 1 heterocycles. The van der Waals surface area contributed by atoms with Crippen molar-refractivity contribution in [1.82, 2.24) is 5.32 Å². The predicted octanol–water partition coefficient (Wildman–Crippen LogP) is -0.339. The van der Waals surface area contributed by atoms with Gasteiger partial charge in [-0.1, -0.05) is 0 Å². The molecule has 1 aliphatic rings. The Morgan fingerprint density at radius 1 is 1.88 bits per heavy atom. The predicted molar refractivity (Wildman–Crippen MR) is 25.7 cm³/mol. The van der Waals surface area contributed by atoms with Crippen molar-refractivity contribution in [2.45, 2.75) is 6.42 Å². The standard InChI is InChI=1S/C5H5N2O/c6-2-4-1-5(8)7-3-4/h4H,1,3H2.